The first-order chi connectivity index (χ1) is 10.2. The number of hydrogen-bond donors (Lipinski definition) is 2. The highest BCUT2D eigenvalue weighted by Crippen LogP contribution is 2.39. The molecule has 4 heteroatoms. The summed E-state index contributed by atoms with van der Waals surface area (Å²) in [5, 5.41) is 9.26. The second kappa shape index (κ2) is 7.66. The second-order valence-electron chi connectivity index (χ2n) is 5.92. The summed E-state index contributed by atoms with van der Waals surface area (Å²) in [5.74, 6) is 2.93. The van der Waals surface area contributed by atoms with Gasteiger partial charge < -0.3 is 20.3 Å². The third-order valence-corrected chi connectivity index (χ3v) is 4.81. The van der Waals surface area contributed by atoms with Gasteiger partial charge >= 0.3 is 0 Å². The minimum absolute atomic E-state index is 0.316. The van der Waals surface area contributed by atoms with E-state index in [0.717, 1.165) is 37.2 Å². The molecule has 3 N–H and O–H groups in total. The number of aliphatic hydroxyl groups is 1. The maximum Gasteiger partial charge on any atom is 0.160 e. The number of hydrogen-bond acceptors (Lipinski definition) is 4. The minimum atomic E-state index is 0.316. The van der Waals surface area contributed by atoms with Crippen LogP contribution in [0.25, 0.3) is 0 Å². The first-order valence-corrected chi connectivity index (χ1v) is 7.76. The van der Waals surface area contributed by atoms with Crippen molar-refractivity contribution in [1.29, 1.82) is 0 Å². The van der Waals surface area contributed by atoms with Crippen molar-refractivity contribution < 1.29 is 14.6 Å². The summed E-state index contributed by atoms with van der Waals surface area (Å²) in [4.78, 5) is 0. The van der Waals surface area contributed by atoms with Gasteiger partial charge in [0.05, 0.1) is 14.2 Å². The van der Waals surface area contributed by atoms with Crippen molar-refractivity contribution in [3.8, 4) is 11.5 Å². The normalized spacial score (nSPS) is 23.6. The monoisotopic (exact) mass is 293 g/mol. The largest absolute Gasteiger partial charge is 0.493 e. The van der Waals surface area contributed by atoms with Crippen molar-refractivity contribution in [2.45, 2.75) is 31.6 Å². The number of rotatable bonds is 6. The van der Waals surface area contributed by atoms with Crippen LogP contribution in [0.15, 0.2) is 18.2 Å². The molecule has 1 fully saturated rings. The zero-order chi connectivity index (χ0) is 15.2. The van der Waals surface area contributed by atoms with Crippen LogP contribution in [-0.2, 0) is 0 Å². The minimum Gasteiger partial charge on any atom is -0.493 e. The number of aliphatic hydroxyl groups excluding tert-OH is 1. The Hall–Kier alpha value is -1.26. The molecule has 0 aliphatic heterocycles. The van der Waals surface area contributed by atoms with E-state index >= 15 is 0 Å². The molecule has 1 aliphatic carbocycles. The summed E-state index contributed by atoms with van der Waals surface area (Å²) in [6.45, 7) is 0.959. The number of nitrogens with two attached hydrogens (primary N) is 1. The van der Waals surface area contributed by atoms with Gasteiger partial charge in [-0.2, -0.15) is 0 Å². The van der Waals surface area contributed by atoms with Gasteiger partial charge in [0.2, 0.25) is 0 Å². The average molecular weight is 293 g/mol. The zero-order valence-corrected chi connectivity index (χ0v) is 13.0. The van der Waals surface area contributed by atoms with Gasteiger partial charge in [-0.05, 0) is 67.7 Å². The molecule has 4 nitrogen and oxygen atoms in total. The zero-order valence-electron chi connectivity index (χ0n) is 13.0. The second-order valence-corrected chi connectivity index (χ2v) is 5.92. The van der Waals surface area contributed by atoms with Gasteiger partial charge in [-0.1, -0.05) is 6.07 Å². The van der Waals surface area contributed by atoms with E-state index in [9.17, 15) is 5.11 Å². The van der Waals surface area contributed by atoms with Crippen molar-refractivity contribution in [2.75, 3.05) is 27.4 Å². The highest BCUT2D eigenvalue weighted by Gasteiger charge is 2.28. The topological polar surface area (TPSA) is 64.7 Å². The van der Waals surface area contributed by atoms with Crippen molar-refractivity contribution in [2.24, 2.45) is 17.6 Å². The molecule has 1 aliphatic rings. The Morgan fingerprint density at radius 3 is 2.33 bits per heavy atom. The van der Waals surface area contributed by atoms with Gasteiger partial charge in [0.15, 0.2) is 11.5 Å². The highest BCUT2D eigenvalue weighted by molar-refractivity contribution is 5.44. The Morgan fingerprint density at radius 1 is 1.14 bits per heavy atom. The summed E-state index contributed by atoms with van der Waals surface area (Å²) < 4.78 is 10.7. The van der Waals surface area contributed by atoms with Crippen LogP contribution >= 0.6 is 0 Å². The van der Waals surface area contributed by atoms with Gasteiger partial charge in [0.25, 0.3) is 0 Å². The first kappa shape index (κ1) is 16.1. The van der Waals surface area contributed by atoms with Crippen molar-refractivity contribution in [1.82, 2.24) is 0 Å². The fourth-order valence-corrected chi connectivity index (χ4v) is 3.46. The SMILES string of the molecule is COc1ccc(C(CN)C2CCC(CO)CC2)cc1OC. The molecule has 2 rings (SSSR count). The molecule has 1 saturated carbocycles. The summed E-state index contributed by atoms with van der Waals surface area (Å²) in [5.41, 5.74) is 7.27. The summed E-state index contributed by atoms with van der Waals surface area (Å²) in [6.07, 6.45) is 4.48. The molecule has 0 spiro atoms. The molecule has 0 saturated heterocycles. The third kappa shape index (κ3) is 3.69. The molecule has 0 radical (unpaired) electrons. The highest BCUT2D eigenvalue weighted by atomic mass is 16.5. The quantitative estimate of drug-likeness (QED) is 0.846. The van der Waals surface area contributed by atoms with E-state index in [-0.39, 0.29) is 0 Å². The van der Waals surface area contributed by atoms with Crippen molar-refractivity contribution in [3.63, 3.8) is 0 Å². The Balaban J connectivity index is 2.14. The van der Waals surface area contributed by atoms with Crippen LogP contribution in [0.1, 0.15) is 37.2 Å². The van der Waals surface area contributed by atoms with Crippen molar-refractivity contribution in [3.05, 3.63) is 23.8 Å². The molecule has 0 aromatic heterocycles. The van der Waals surface area contributed by atoms with E-state index in [1.165, 1.54) is 5.56 Å². The van der Waals surface area contributed by atoms with Crippen LogP contribution in [-0.4, -0.2) is 32.5 Å². The van der Waals surface area contributed by atoms with E-state index in [4.69, 9.17) is 15.2 Å². The molecule has 21 heavy (non-hydrogen) atoms. The van der Waals surface area contributed by atoms with Crippen LogP contribution in [0.3, 0.4) is 0 Å². The van der Waals surface area contributed by atoms with E-state index in [1.807, 2.05) is 6.07 Å². The van der Waals surface area contributed by atoms with E-state index in [1.54, 1.807) is 14.2 Å². The molecule has 0 amide bonds. The lowest BCUT2D eigenvalue weighted by Crippen LogP contribution is -2.26. The lowest BCUT2D eigenvalue weighted by molar-refractivity contribution is 0.158. The Labute approximate surface area is 127 Å². The number of ether oxygens (including phenoxy) is 2. The molecule has 1 aromatic rings. The summed E-state index contributed by atoms with van der Waals surface area (Å²) in [7, 11) is 3.31. The van der Waals surface area contributed by atoms with Crippen LogP contribution in [0, 0.1) is 11.8 Å². The Bertz CT molecular complexity index is 442. The van der Waals surface area contributed by atoms with Gasteiger partial charge in [0.1, 0.15) is 0 Å². The van der Waals surface area contributed by atoms with Crippen molar-refractivity contribution >= 4 is 0 Å². The molecule has 1 aromatic carbocycles. The van der Waals surface area contributed by atoms with Gasteiger partial charge in [0, 0.05) is 6.61 Å². The molecule has 118 valence electrons. The third-order valence-electron chi connectivity index (χ3n) is 4.81. The Kier molecular flexibility index (Phi) is 5.88. The fraction of sp³-hybridized carbons (Fsp3) is 0.647. The van der Waals surface area contributed by atoms with Crippen LogP contribution in [0.2, 0.25) is 0 Å². The Morgan fingerprint density at radius 2 is 1.81 bits per heavy atom. The van der Waals surface area contributed by atoms with Gasteiger partial charge in [-0.3, -0.25) is 0 Å². The molecular weight excluding hydrogens is 266 g/mol. The molecule has 0 heterocycles. The fourth-order valence-electron chi connectivity index (χ4n) is 3.46. The maximum atomic E-state index is 9.26. The lowest BCUT2D eigenvalue weighted by Gasteiger charge is -2.33. The van der Waals surface area contributed by atoms with Crippen LogP contribution in [0.5, 0.6) is 11.5 Å². The molecule has 1 atom stereocenters. The number of methoxy groups -OCH3 is 2. The van der Waals surface area contributed by atoms with E-state index < -0.39 is 0 Å². The standard InChI is InChI=1S/C17H27NO3/c1-20-16-8-7-14(9-17(16)21-2)15(10-18)13-5-3-12(11-19)4-6-13/h7-9,12-13,15,19H,3-6,10-11,18H2,1-2H3. The van der Waals surface area contributed by atoms with E-state index in [0.29, 0.717) is 30.9 Å². The maximum absolute atomic E-state index is 9.26. The smallest absolute Gasteiger partial charge is 0.160 e. The van der Waals surface area contributed by atoms with Crippen LogP contribution in [0.4, 0.5) is 0 Å². The molecule has 0 bridgehead atoms. The lowest BCUT2D eigenvalue weighted by atomic mass is 9.73. The first-order valence-electron chi connectivity index (χ1n) is 7.76. The summed E-state index contributed by atoms with van der Waals surface area (Å²) in [6, 6.07) is 6.10. The average Bonchev–Trinajstić information content (AvgIpc) is 2.56. The van der Waals surface area contributed by atoms with Gasteiger partial charge in [-0.15, -0.1) is 0 Å². The predicted octanol–water partition coefficient (Wildman–Crippen LogP) is 2.54. The predicted molar refractivity (Wildman–Crippen MR) is 83.9 cm³/mol. The number of benzene rings is 1. The molecular formula is C17H27NO3. The van der Waals surface area contributed by atoms with Crippen LogP contribution < -0.4 is 15.2 Å². The van der Waals surface area contributed by atoms with Gasteiger partial charge in [-0.25, -0.2) is 0 Å². The molecule has 1 unspecified atom stereocenters. The van der Waals surface area contributed by atoms with E-state index in [2.05, 4.69) is 12.1 Å². The summed E-state index contributed by atoms with van der Waals surface area (Å²) >= 11 is 0.